The molecule has 3 nitrogen and oxygen atoms in total. The van der Waals surface area contributed by atoms with Gasteiger partial charge >= 0.3 is 12.0 Å². The van der Waals surface area contributed by atoms with E-state index in [9.17, 15) is 9.90 Å². The van der Waals surface area contributed by atoms with Crippen LogP contribution in [0.15, 0.2) is 54.1 Å². The molecule has 0 bridgehead atoms. The van der Waals surface area contributed by atoms with E-state index in [0.29, 0.717) is 18.0 Å². The van der Waals surface area contributed by atoms with E-state index in [1.54, 1.807) is 6.08 Å². The summed E-state index contributed by atoms with van der Waals surface area (Å²) >= 11 is 17.7. The quantitative estimate of drug-likeness (QED) is 0.0714. The van der Waals surface area contributed by atoms with Crippen molar-refractivity contribution in [1.82, 2.24) is 0 Å². The number of hydrogen-bond donors (Lipinski definition) is 1. The topological polar surface area (TPSA) is 46.5 Å². The Morgan fingerprint density at radius 1 is 0.763 bits per heavy atom. The van der Waals surface area contributed by atoms with Gasteiger partial charge in [0.05, 0.1) is 6.61 Å². The highest BCUT2D eigenvalue weighted by atomic mass is 35.8. The molecule has 1 N–H and O–H groups in total. The maximum atomic E-state index is 11.7. The fourth-order valence-electron chi connectivity index (χ4n) is 4.38. The lowest BCUT2D eigenvalue weighted by Crippen LogP contribution is -2.07. The zero-order chi connectivity index (χ0) is 27.6. The van der Waals surface area contributed by atoms with Crippen molar-refractivity contribution in [2.45, 2.75) is 96.4 Å². The molecule has 0 aromatic heterocycles. The van der Waals surface area contributed by atoms with Gasteiger partial charge in [-0.3, -0.25) is 0 Å². The van der Waals surface area contributed by atoms with Crippen LogP contribution in [-0.4, -0.2) is 23.7 Å². The predicted octanol–water partition coefficient (Wildman–Crippen LogP) is 10.9. The molecule has 0 aliphatic rings. The molecule has 210 valence electrons. The third-order valence-corrected chi connectivity index (χ3v) is 9.26. The molecule has 0 heterocycles. The van der Waals surface area contributed by atoms with E-state index in [2.05, 4.69) is 19.1 Å². The van der Waals surface area contributed by atoms with Crippen molar-refractivity contribution in [2.24, 2.45) is 0 Å². The van der Waals surface area contributed by atoms with E-state index in [4.69, 9.17) is 38.0 Å². The number of carboxylic acid groups (broad SMARTS) is 1. The number of halogens is 3. The van der Waals surface area contributed by atoms with E-state index in [1.165, 1.54) is 44.9 Å². The normalized spacial score (nSPS) is 12.1. The first-order chi connectivity index (χ1) is 18.3. The van der Waals surface area contributed by atoms with Gasteiger partial charge in [0.2, 0.25) is 0 Å². The molecule has 0 saturated carbocycles. The van der Waals surface area contributed by atoms with E-state index in [-0.39, 0.29) is 0 Å². The monoisotopic (exact) mass is 596 g/mol. The van der Waals surface area contributed by atoms with E-state index in [0.717, 1.165) is 61.2 Å². The maximum Gasteiger partial charge on any atom is 0.341 e. The van der Waals surface area contributed by atoms with Crippen molar-refractivity contribution in [3.63, 3.8) is 0 Å². The minimum Gasteiger partial charge on any atom is -0.494 e. The lowest BCUT2D eigenvalue weighted by molar-refractivity contribution is -0.132. The second-order valence-corrected chi connectivity index (χ2v) is 19.3. The zero-order valence-corrected chi connectivity index (χ0v) is 26.0. The third kappa shape index (κ3) is 14.6. The summed E-state index contributed by atoms with van der Waals surface area (Å²) in [6, 6.07) is 14.3. The van der Waals surface area contributed by atoms with Gasteiger partial charge in [0.15, 0.2) is 0 Å². The van der Waals surface area contributed by atoms with Gasteiger partial charge in [0, 0.05) is 5.57 Å². The third-order valence-electron chi connectivity index (χ3n) is 6.64. The van der Waals surface area contributed by atoms with Crippen LogP contribution in [0, 0.1) is 0 Å². The average Bonchev–Trinajstić information content (AvgIpc) is 2.89. The molecule has 0 amide bonds. The molecule has 0 fully saturated rings. The summed E-state index contributed by atoms with van der Waals surface area (Å²) in [7, 11) is 0. The molecule has 38 heavy (non-hydrogen) atoms. The van der Waals surface area contributed by atoms with Crippen LogP contribution in [-0.2, 0) is 4.79 Å². The van der Waals surface area contributed by atoms with Crippen LogP contribution < -0.4 is 4.74 Å². The molecular weight excluding hydrogens is 555 g/mol. The van der Waals surface area contributed by atoms with E-state index >= 15 is 0 Å². The molecule has 0 spiro atoms. The Labute approximate surface area is 244 Å². The molecule has 0 saturated heterocycles. The first-order valence-electron chi connectivity index (χ1n) is 14.1. The Hall–Kier alpha value is -1.46. The largest absolute Gasteiger partial charge is 0.494 e. The number of carboxylic acids is 1. The number of unbranched alkanes of at least 4 members (excludes halogenated alkanes) is 10. The summed E-state index contributed by atoms with van der Waals surface area (Å²) < 4.78 is 5.92. The summed E-state index contributed by atoms with van der Waals surface area (Å²) in [5, 5.41) is 9.62. The predicted molar refractivity (Wildman–Crippen MR) is 167 cm³/mol. The van der Waals surface area contributed by atoms with Crippen LogP contribution >= 0.6 is 33.2 Å². The van der Waals surface area contributed by atoms with Crippen LogP contribution in [0.5, 0.6) is 5.75 Å². The minimum atomic E-state index is -2.55. The van der Waals surface area contributed by atoms with Crippen molar-refractivity contribution in [1.29, 1.82) is 0 Å². The van der Waals surface area contributed by atoms with E-state index in [1.807, 2.05) is 36.4 Å². The smallest absolute Gasteiger partial charge is 0.341 e. The van der Waals surface area contributed by atoms with Crippen molar-refractivity contribution in [3.05, 3.63) is 59.7 Å². The van der Waals surface area contributed by atoms with Gasteiger partial charge in [-0.25, -0.2) is 4.79 Å². The first-order valence-corrected chi connectivity index (χ1v) is 19.4. The van der Waals surface area contributed by atoms with Crippen LogP contribution in [0.3, 0.4) is 0 Å². The molecular formula is C31H43Cl3O3Si. The highest BCUT2D eigenvalue weighted by molar-refractivity contribution is 7.64. The Morgan fingerprint density at radius 2 is 1.29 bits per heavy atom. The number of aliphatic carboxylic acids is 1. The van der Waals surface area contributed by atoms with Crippen molar-refractivity contribution < 1.29 is 14.6 Å². The summed E-state index contributed by atoms with van der Waals surface area (Å²) in [6.45, 7) is 3.01. The van der Waals surface area contributed by atoms with Gasteiger partial charge in [-0.15, -0.1) is 33.2 Å². The number of ether oxygens (including phenoxy) is 1. The summed E-state index contributed by atoms with van der Waals surface area (Å²) in [5.41, 5.74) is 3.51. The lowest BCUT2D eigenvalue weighted by Gasteiger charge is -2.08. The summed E-state index contributed by atoms with van der Waals surface area (Å²) in [4.78, 5) is 11.7. The number of carbonyl (C=O) groups is 1. The fourth-order valence-corrected chi connectivity index (χ4v) is 6.23. The highest BCUT2D eigenvalue weighted by Crippen LogP contribution is 2.28. The average molecular weight is 598 g/mol. The molecule has 0 aliphatic heterocycles. The number of hydrogen-bond acceptors (Lipinski definition) is 2. The summed E-state index contributed by atoms with van der Waals surface area (Å²) in [6.07, 6.45) is 16.2. The molecule has 0 unspecified atom stereocenters. The van der Waals surface area contributed by atoms with E-state index < -0.39 is 12.0 Å². The molecule has 0 aliphatic carbocycles. The van der Waals surface area contributed by atoms with Crippen molar-refractivity contribution in [2.75, 3.05) is 6.61 Å². The first kappa shape index (κ1) is 32.7. The number of rotatable bonds is 20. The molecule has 2 rings (SSSR count). The Morgan fingerprint density at radius 3 is 1.87 bits per heavy atom. The minimum absolute atomic E-state index is 0.423. The summed E-state index contributed by atoms with van der Waals surface area (Å²) in [5.74, 6) is 0.0297. The standard InChI is InChI=1S/C31H43Cl3O3Si/c1-2-3-4-5-6-7-9-12-23-37-30-21-19-28(20-22-30)27-17-15-26(16-18-27)25-29(31(35)36)14-11-8-10-13-24-38(32,33)34/h15-22,25H,2-14,23-24H2,1H3,(H,35,36)/b29-25+. The molecule has 2 aromatic rings. The van der Waals surface area contributed by atoms with Gasteiger partial charge in [-0.05, 0) is 60.2 Å². The van der Waals surface area contributed by atoms with Crippen LogP contribution in [0.1, 0.15) is 96.0 Å². The Balaban J connectivity index is 1.76. The molecule has 0 atom stereocenters. The van der Waals surface area contributed by atoms with Crippen molar-refractivity contribution >= 4 is 51.3 Å². The Bertz CT molecular complexity index is 954. The van der Waals surface area contributed by atoms with Gasteiger partial charge in [0.25, 0.3) is 0 Å². The zero-order valence-electron chi connectivity index (χ0n) is 22.7. The second-order valence-electron chi connectivity index (χ2n) is 9.97. The van der Waals surface area contributed by atoms with Gasteiger partial charge < -0.3 is 9.84 Å². The van der Waals surface area contributed by atoms with Gasteiger partial charge in [0.1, 0.15) is 5.75 Å². The van der Waals surface area contributed by atoms with Crippen molar-refractivity contribution in [3.8, 4) is 16.9 Å². The van der Waals surface area contributed by atoms with Crippen LogP contribution in [0.2, 0.25) is 6.04 Å². The van der Waals surface area contributed by atoms with Crippen LogP contribution in [0.4, 0.5) is 0 Å². The molecule has 2 aromatic carbocycles. The second kappa shape index (κ2) is 18.8. The fraction of sp³-hybridized carbons (Fsp3) is 0.516. The molecule has 7 heteroatoms. The number of benzene rings is 2. The maximum absolute atomic E-state index is 11.7. The SMILES string of the molecule is CCCCCCCCCCOc1ccc(-c2ccc(/C=C(\CCCCCC[Si](Cl)(Cl)Cl)C(=O)O)cc2)cc1. The molecule has 0 radical (unpaired) electrons. The Kier molecular flexibility index (Phi) is 16.2. The van der Waals surface area contributed by atoms with Crippen LogP contribution in [0.25, 0.3) is 17.2 Å². The van der Waals surface area contributed by atoms with Gasteiger partial charge in [-0.1, -0.05) is 108 Å². The highest BCUT2D eigenvalue weighted by Gasteiger charge is 2.23. The van der Waals surface area contributed by atoms with Gasteiger partial charge in [-0.2, -0.15) is 0 Å². The lowest BCUT2D eigenvalue weighted by atomic mass is 10.0.